The molecule has 5 nitrogen and oxygen atoms in total. The van der Waals surface area contributed by atoms with Gasteiger partial charge in [0.2, 0.25) is 10.0 Å². The maximum Gasteiger partial charge on any atom is 0.229 e. The smallest absolute Gasteiger partial charge is 0.229 e. The molecule has 0 atom stereocenters. The van der Waals surface area contributed by atoms with E-state index >= 15 is 0 Å². The highest BCUT2D eigenvalue weighted by Gasteiger charge is 2.17. The summed E-state index contributed by atoms with van der Waals surface area (Å²) in [5.74, 6) is 0.800. The molecule has 0 spiro atoms. The number of anilines is 2. The van der Waals surface area contributed by atoms with Crippen molar-refractivity contribution >= 4 is 32.2 Å². The van der Waals surface area contributed by atoms with Gasteiger partial charge < -0.3 is 5.32 Å². The SMILES string of the molecule is CS(=O)(=O)Nc1ccc(-c2csc(NCC3CCC3)n2)cc1. The number of benzene rings is 1. The summed E-state index contributed by atoms with van der Waals surface area (Å²) in [6.07, 6.45) is 5.13. The van der Waals surface area contributed by atoms with Crippen LogP contribution >= 0.6 is 11.3 Å². The third-order valence-electron chi connectivity index (χ3n) is 3.75. The molecule has 0 unspecified atom stereocenters. The zero-order chi connectivity index (χ0) is 15.6. The standard InChI is InChI=1S/C15H19N3O2S2/c1-22(19,20)18-13-7-5-12(6-8-13)14-10-21-15(17-14)16-9-11-3-2-4-11/h5-8,10-11,18H,2-4,9H2,1H3,(H,16,17). The van der Waals surface area contributed by atoms with Crippen molar-refractivity contribution in [1.29, 1.82) is 0 Å². The van der Waals surface area contributed by atoms with Crippen molar-refractivity contribution in [2.45, 2.75) is 19.3 Å². The molecule has 0 saturated heterocycles. The van der Waals surface area contributed by atoms with E-state index in [9.17, 15) is 8.42 Å². The van der Waals surface area contributed by atoms with Gasteiger partial charge in [0, 0.05) is 23.2 Å². The molecule has 1 aliphatic rings. The first-order valence-corrected chi connectivity index (χ1v) is 10.0. The average molecular weight is 337 g/mol. The summed E-state index contributed by atoms with van der Waals surface area (Å²) in [5.41, 5.74) is 2.45. The van der Waals surface area contributed by atoms with Crippen molar-refractivity contribution in [2.24, 2.45) is 5.92 Å². The molecule has 3 rings (SSSR count). The van der Waals surface area contributed by atoms with Crippen LogP contribution in [0.4, 0.5) is 10.8 Å². The van der Waals surface area contributed by atoms with E-state index in [-0.39, 0.29) is 0 Å². The Labute approximate surface area is 134 Å². The molecule has 1 heterocycles. The van der Waals surface area contributed by atoms with E-state index in [1.54, 1.807) is 23.5 Å². The molecule has 1 saturated carbocycles. The minimum Gasteiger partial charge on any atom is -0.361 e. The fraction of sp³-hybridized carbons (Fsp3) is 0.400. The van der Waals surface area contributed by atoms with Gasteiger partial charge in [0.05, 0.1) is 11.9 Å². The van der Waals surface area contributed by atoms with Crippen LogP contribution in [0.3, 0.4) is 0 Å². The van der Waals surface area contributed by atoms with Crippen LogP contribution in [0.25, 0.3) is 11.3 Å². The van der Waals surface area contributed by atoms with Crippen molar-refractivity contribution in [2.75, 3.05) is 22.8 Å². The Morgan fingerprint density at radius 3 is 2.59 bits per heavy atom. The van der Waals surface area contributed by atoms with Crippen LogP contribution in [0.5, 0.6) is 0 Å². The lowest BCUT2D eigenvalue weighted by atomic mass is 9.86. The first-order valence-electron chi connectivity index (χ1n) is 7.27. The molecule has 22 heavy (non-hydrogen) atoms. The maximum atomic E-state index is 11.2. The van der Waals surface area contributed by atoms with Gasteiger partial charge in [-0.05, 0) is 30.9 Å². The second-order valence-corrected chi connectivity index (χ2v) is 8.27. The molecular formula is C15H19N3O2S2. The molecule has 1 aromatic heterocycles. The molecule has 0 aliphatic heterocycles. The zero-order valence-corrected chi connectivity index (χ0v) is 14.0. The lowest BCUT2D eigenvalue weighted by Crippen LogP contribution is -2.20. The van der Waals surface area contributed by atoms with E-state index in [0.717, 1.165) is 35.1 Å². The molecule has 7 heteroatoms. The second kappa shape index (κ2) is 6.26. The highest BCUT2D eigenvalue weighted by atomic mass is 32.2. The van der Waals surface area contributed by atoms with E-state index in [0.29, 0.717) is 5.69 Å². The molecule has 0 radical (unpaired) electrons. The monoisotopic (exact) mass is 337 g/mol. The Bertz CT molecular complexity index is 734. The van der Waals surface area contributed by atoms with Gasteiger partial charge in [-0.25, -0.2) is 13.4 Å². The van der Waals surface area contributed by atoms with Crippen molar-refractivity contribution in [3.8, 4) is 11.3 Å². The van der Waals surface area contributed by atoms with E-state index in [2.05, 4.69) is 15.0 Å². The Kier molecular flexibility index (Phi) is 4.35. The molecular weight excluding hydrogens is 318 g/mol. The van der Waals surface area contributed by atoms with Crippen LogP contribution in [0.2, 0.25) is 0 Å². The molecule has 2 N–H and O–H groups in total. The summed E-state index contributed by atoms with van der Waals surface area (Å²) in [6.45, 7) is 1.00. The van der Waals surface area contributed by atoms with Gasteiger partial charge in [-0.3, -0.25) is 4.72 Å². The van der Waals surface area contributed by atoms with Crippen LogP contribution in [-0.4, -0.2) is 26.2 Å². The van der Waals surface area contributed by atoms with Gasteiger partial charge in [0.25, 0.3) is 0 Å². The Morgan fingerprint density at radius 2 is 2.00 bits per heavy atom. The molecule has 0 amide bonds. The number of sulfonamides is 1. The Balaban J connectivity index is 1.64. The molecule has 0 bridgehead atoms. The predicted octanol–water partition coefficient (Wildman–Crippen LogP) is 3.39. The quantitative estimate of drug-likeness (QED) is 0.847. The van der Waals surface area contributed by atoms with Crippen LogP contribution < -0.4 is 10.0 Å². The minimum absolute atomic E-state index is 0.560. The number of hydrogen-bond donors (Lipinski definition) is 2. The number of thiazole rings is 1. The summed E-state index contributed by atoms with van der Waals surface area (Å²) >= 11 is 1.60. The minimum atomic E-state index is -3.24. The van der Waals surface area contributed by atoms with Crippen LogP contribution in [0.15, 0.2) is 29.6 Å². The molecule has 1 aromatic carbocycles. The Morgan fingerprint density at radius 1 is 1.27 bits per heavy atom. The number of nitrogens with zero attached hydrogens (tertiary/aromatic N) is 1. The summed E-state index contributed by atoms with van der Waals surface area (Å²) < 4.78 is 24.8. The largest absolute Gasteiger partial charge is 0.361 e. The fourth-order valence-electron chi connectivity index (χ4n) is 2.34. The van der Waals surface area contributed by atoms with Crippen molar-refractivity contribution in [1.82, 2.24) is 4.98 Å². The summed E-state index contributed by atoms with van der Waals surface area (Å²) in [7, 11) is -3.24. The van der Waals surface area contributed by atoms with Gasteiger partial charge >= 0.3 is 0 Å². The maximum absolute atomic E-state index is 11.2. The molecule has 1 aliphatic carbocycles. The van der Waals surface area contributed by atoms with Crippen molar-refractivity contribution in [3.05, 3.63) is 29.6 Å². The average Bonchev–Trinajstić information content (AvgIpc) is 2.85. The third-order valence-corrected chi connectivity index (χ3v) is 5.16. The van der Waals surface area contributed by atoms with Gasteiger partial charge in [-0.15, -0.1) is 11.3 Å². The van der Waals surface area contributed by atoms with E-state index < -0.39 is 10.0 Å². The Hall–Kier alpha value is -1.60. The van der Waals surface area contributed by atoms with Crippen molar-refractivity contribution in [3.63, 3.8) is 0 Å². The first kappa shape index (κ1) is 15.3. The van der Waals surface area contributed by atoms with Crippen LogP contribution in [-0.2, 0) is 10.0 Å². The third kappa shape index (κ3) is 3.98. The molecule has 118 valence electrons. The number of nitrogens with one attached hydrogen (secondary N) is 2. The van der Waals surface area contributed by atoms with E-state index in [1.807, 2.05) is 17.5 Å². The summed E-state index contributed by atoms with van der Waals surface area (Å²) in [4.78, 5) is 4.58. The van der Waals surface area contributed by atoms with Gasteiger partial charge in [0.1, 0.15) is 0 Å². The lowest BCUT2D eigenvalue weighted by molar-refractivity contribution is 0.333. The predicted molar refractivity (Wildman–Crippen MR) is 91.8 cm³/mol. The topological polar surface area (TPSA) is 71.1 Å². The normalized spacial score (nSPS) is 15.3. The first-order chi connectivity index (χ1) is 10.5. The fourth-order valence-corrected chi connectivity index (χ4v) is 3.63. The van der Waals surface area contributed by atoms with E-state index in [4.69, 9.17) is 0 Å². The number of aromatic nitrogens is 1. The van der Waals surface area contributed by atoms with Gasteiger partial charge in [-0.2, -0.15) is 0 Å². The van der Waals surface area contributed by atoms with Gasteiger partial charge in [-0.1, -0.05) is 18.6 Å². The zero-order valence-electron chi connectivity index (χ0n) is 12.4. The summed E-state index contributed by atoms with van der Waals surface area (Å²) in [5, 5.41) is 6.36. The van der Waals surface area contributed by atoms with Crippen LogP contribution in [0.1, 0.15) is 19.3 Å². The number of hydrogen-bond acceptors (Lipinski definition) is 5. The second-order valence-electron chi connectivity index (χ2n) is 5.67. The van der Waals surface area contributed by atoms with Gasteiger partial charge in [0.15, 0.2) is 5.13 Å². The number of rotatable bonds is 6. The molecule has 1 fully saturated rings. The highest BCUT2D eigenvalue weighted by Crippen LogP contribution is 2.29. The lowest BCUT2D eigenvalue weighted by Gasteiger charge is -2.25. The molecule has 2 aromatic rings. The van der Waals surface area contributed by atoms with Crippen molar-refractivity contribution < 1.29 is 8.42 Å². The van der Waals surface area contributed by atoms with Crippen LogP contribution in [0, 0.1) is 5.92 Å². The van der Waals surface area contributed by atoms with E-state index in [1.165, 1.54) is 19.3 Å². The highest BCUT2D eigenvalue weighted by molar-refractivity contribution is 7.92. The summed E-state index contributed by atoms with van der Waals surface area (Å²) in [6, 6.07) is 7.24.